The number of imidazole rings is 1. The number of alkyl halides is 3. The fourth-order valence-corrected chi connectivity index (χ4v) is 3.67. The van der Waals surface area contributed by atoms with Crippen LogP contribution in [0.15, 0.2) is 48.5 Å². The standard InChI is InChI=1S/C21H20F3N3O/c22-21(23,24)16-7-5-14(6-8-16)13-19(28)27-11-9-15(10-12-27)20-25-17-3-1-2-4-18(17)26-20/h1-8,15H,9-13H2,(H,25,26). The summed E-state index contributed by atoms with van der Waals surface area (Å²) in [6.07, 6.45) is -2.61. The van der Waals surface area contributed by atoms with Crippen LogP contribution >= 0.6 is 0 Å². The molecule has 0 bridgehead atoms. The molecule has 1 N–H and O–H groups in total. The first kappa shape index (κ1) is 18.5. The van der Waals surface area contributed by atoms with E-state index in [1.54, 1.807) is 4.90 Å². The lowest BCUT2D eigenvalue weighted by Gasteiger charge is -2.31. The molecule has 0 saturated carbocycles. The van der Waals surface area contributed by atoms with E-state index in [1.807, 2.05) is 24.3 Å². The minimum atomic E-state index is -4.36. The molecule has 0 unspecified atom stereocenters. The van der Waals surface area contributed by atoms with Crippen LogP contribution in [0.1, 0.15) is 35.7 Å². The van der Waals surface area contributed by atoms with E-state index < -0.39 is 11.7 Å². The molecule has 1 aliphatic rings. The molecule has 4 rings (SSSR count). The van der Waals surface area contributed by atoms with Crippen LogP contribution in [-0.2, 0) is 17.4 Å². The normalized spacial score (nSPS) is 15.9. The number of fused-ring (bicyclic) bond motifs is 1. The molecule has 28 heavy (non-hydrogen) atoms. The lowest BCUT2D eigenvalue weighted by atomic mass is 9.95. The predicted octanol–water partition coefficient (Wildman–Crippen LogP) is 4.53. The first-order chi connectivity index (χ1) is 13.4. The number of nitrogens with zero attached hydrogens (tertiary/aromatic N) is 2. The maximum absolute atomic E-state index is 12.6. The van der Waals surface area contributed by atoms with Gasteiger partial charge in [0.25, 0.3) is 0 Å². The smallest absolute Gasteiger partial charge is 0.342 e. The van der Waals surface area contributed by atoms with Crippen molar-refractivity contribution in [2.24, 2.45) is 0 Å². The van der Waals surface area contributed by atoms with Crippen molar-refractivity contribution < 1.29 is 18.0 Å². The molecule has 3 aromatic rings. The van der Waals surface area contributed by atoms with Gasteiger partial charge in [-0.1, -0.05) is 24.3 Å². The minimum Gasteiger partial charge on any atom is -0.342 e. The Hall–Kier alpha value is -2.83. The van der Waals surface area contributed by atoms with E-state index in [0.29, 0.717) is 18.7 Å². The highest BCUT2D eigenvalue weighted by molar-refractivity contribution is 5.79. The number of para-hydroxylation sites is 2. The zero-order chi connectivity index (χ0) is 19.7. The molecule has 1 fully saturated rings. The zero-order valence-corrected chi connectivity index (χ0v) is 15.2. The van der Waals surface area contributed by atoms with Crippen molar-refractivity contribution in [1.82, 2.24) is 14.9 Å². The Morgan fingerprint density at radius 3 is 2.39 bits per heavy atom. The number of benzene rings is 2. The third-order valence-electron chi connectivity index (χ3n) is 5.28. The molecule has 2 heterocycles. The summed E-state index contributed by atoms with van der Waals surface area (Å²) >= 11 is 0. The summed E-state index contributed by atoms with van der Waals surface area (Å²) in [5.41, 5.74) is 1.85. The third kappa shape index (κ3) is 3.88. The van der Waals surface area contributed by atoms with Gasteiger partial charge in [0.05, 0.1) is 23.0 Å². The van der Waals surface area contributed by atoms with Crippen molar-refractivity contribution in [3.63, 3.8) is 0 Å². The number of rotatable bonds is 3. The van der Waals surface area contributed by atoms with Gasteiger partial charge in [0.1, 0.15) is 5.82 Å². The molecule has 1 saturated heterocycles. The molecule has 0 radical (unpaired) electrons. The highest BCUT2D eigenvalue weighted by Gasteiger charge is 2.30. The predicted molar refractivity (Wildman–Crippen MR) is 99.8 cm³/mol. The van der Waals surface area contributed by atoms with Gasteiger partial charge in [-0.2, -0.15) is 13.2 Å². The van der Waals surface area contributed by atoms with Crippen LogP contribution in [0.4, 0.5) is 13.2 Å². The van der Waals surface area contributed by atoms with Crippen molar-refractivity contribution in [2.75, 3.05) is 13.1 Å². The average molecular weight is 387 g/mol. The molecule has 4 nitrogen and oxygen atoms in total. The molecule has 2 aromatic carbocycles. The number of nitrogens with one attached hydrogen (secondary N) is 1. The number of likely N-dealkylation sites (tertiary alicyclic amines) is 1. The van der Waals surface area contributed by atoms with Gasteiger partial charge in [0.15, 0.2) is 0 Å². The van der Waals surface area contributed by atoms with Gasteiger partial charge in [-0.05, 0) is 42.7 Å². The van der Waals surface area contributed by atoms with E-state index in [9.17, 15) is 18.0 Å². The number of hydrogen-bond donors (Lipinski definition) is 1. The van der Waals surface area contributed by atoms with Crippen LogP contribution in [0, 0.1) is 0 Å². The van der Waals surface area contributed by atoms with Gasteiger partial charge < -0.3 is 9.88 Å². The molecule has 146 valence electrons. The number of carbonyl (C=O) groups is 1. The van der Waals surface area contributed by atoms with E-state index in [1.165, 1.54) is 12.1 Å². The zero-order valence-electron chi connectivity index (χ0n) is 15.2. The number of aromatic amines is 1. The summed E-state index contributed by atoms with van der Waals surface area (Å²) in [5.74, 6) is 1.18. The topological polar surface area (TPSA) is 49.0 Å². The number of piperidine rings is 1. The maximum Gasteiger partial charge on any atom is 0.416 e. The van der Waals surface area contributed by atoms with Crippen LogP contribution in [0.3, 0.4) is 0 Å². The Morgan fingerprint density at radius 2 is 1.75 bits per heavy atom. The van der Waals surface area contributed by atoms with E-state index in [0.717, 1.165) is 41.8 Å². The summed E-state index contributed by atoms with van der Waals surface area (Å²) in [4.78, 5) is 22.3. The number of hydrogen-bond acceptors (Lipinski definition) is 2. The highest BCUT2D eigenvalue weighted by Crippen LogP contribution is 2.30. The van der Waals surface area contributed by atoms with Crippen LogP contribution < -0.4 is 0 Å². The monoisotopic (exact) mass is 387 g/mol. The Labute approximate surface area is 160 Å². The highest BCUT2D eigenvalue weighted by atomic mass is 19.4. The number of halogens is 3. The van der Waals surface area contributed by atoms with Crippen molar-refractivity contribution in [3.05, 3.63) is 65.5 Å². The Bertz CT molecular complexity index is 937. The molecular weight excluding hydrogens is 367 g/mol. The van der Waals surface area contributed by atoms with Crippen LogP contribution in [0.2, 0.25) is 0 Å². The first-order valence-electron chi connectivity index (χ1n) is 9.29. The quantitative estimate of drug-likeness (QED) is 0.718. The van der Waals surface area contributed by atoms with E-state index >= 15 is 0 Å². The van der Waals surface area contributed by atoms with E-state index in [2.05, 4.69) is 9.97 Å². The number of amides is 1. The number of carbonyl (C=O) groups excluding carboxylic acids is 1. The van der Waals surface area contributed by atoms with Crippen molar-refractivity contribution in [2.45, 2.75) is 31.4 Å². The second-order valence-corrected chi connectivity index (χ2v) is 7.17. The van der Waals surface area contributed by atoms with E-state index in [-0.39, 0.29) is 18.2 Å². The number of aromatic nitrogens is 2. The van der Waals surface area contributed by atoms with E-state index in [4.69, 9.17) is 0 Å². The Balaban J connectivity index is 1.35. The van der Waals surface area contributed by atoms with Crippen molar-refractivity contribution >= 4 is 16.9 Å². The lowest BCUT2D eigenvalue weighted by Crippen LogP contribution is -2.39. The fraction of sp³-hybridized carbons (Fsp3) is 0.333. The van der Waals surface area contributed by atoms with Gasteiger partial charge >= 0.3 is 6.18 Å². The molecule has 1 aromatic heterocycles. The number of H-pyrrole nitrogens is 1. The third-order valence-corrected chi connectivity index (χ3v) is 5.28. The molecule has 7 heteroatoms. The second-order valence-electron chi connectivity index (χ2n) is 7.17. The van der Waals surface area contributed by atoms with Gasteiger partial charge in [-0.25, -0.2) is 4.98 Å². The molecular formula is C21H20F3N3O. The van der Waals surface area contributed by atoms with Gasteiger partial charge in [0.2, 0.25) is 5.91 Å². The molecule has 1 aliphatic heterocycles. The first-order valence-corrected chi connectivity index (χ1v) is 9.29. The van der Waals surface area contributed by atoms with Crippen LogP contribution in [0.5, 0.6) is 0 Å². The Kier molecular flexibility index (Phi) is 4.83. The molecule has 0 aliphatic carbocycles. The molecule has 0 atom stereocenters. The Morgan fingerprint density at radius 1 is 1.07 bits per heavy atom. The summed E-state index contributed by atoms with van der Waals surface area (Å²) in [7, 11) is 0. The van der Waals surface area contributed by atoms with Gasteiger partial charge in [-0.3, -0.25) is 4.79 Å². The van der Waals surface area contributed by atoms with Crippen LogP contribution in [-0.4, -0.2) is 33.9 Å². The van der Waals surface area contributed by atoms with Crippen molar-refractivity contribution in [3.8, 4) is 0 Å². The molecule has 0 spiro atoms. The van der Waals surface area contributed by atoms with Gasteiger partial charge in [0, 0.05) is 19.0 Å². The largest absolute Gasteiger partial charge is 0.416 e. The maximum atomic E-state index is 12.6. The summed E-state index contributed by atoms with van der Waals surface area (Å²) in [5, 5.41) is 0. The fourth-order valence-electron chi connectivity index (χ4n) is 3.67. The summed E-state index contributed by atoms with van der Waals surface area (Å²) in [6, 6.07) is 12.7. The SMILES string of the molecule is O=C(Cc1ccc(C(F)(F)F)cc1)N1CCC(c2nc3ccccc3[nH]2)CC1. The average Bonchev–Trinajstić information content (AvgIpc) is 3.12. The van der Waals surface area contributed by atoms with Crippen LogP contribution in [0.25, 0.3) is 11.0 Å². The molecule has 1 amide bonds. The minimum absolute atomic E-state index is 0.0529. The summed E-state index contributed by atoms with van der Waals surface area (Å²) < 4.78 is 37.9. The van der Waals surface area contributed by atoms with Gasteiger partial charge in [-0.15, -0.1) is 0 Å². The second kappa shape index (κ2) is 7.30. The summed E-state index contributed by atoms with van der Waals surface area (Å²) in [6.45, 7) is 1.25. The van der Waals surface area contributed by atoms with Crippen molar-refractivity contribution in [1.29, 1.82) is 0 Å². The lowest BCUT2D eigenvalue weighted by molar-refractivity contribution is -0.137.